The number of likely N-dealkylation sites (N-methyl/N-ethyl adjacent to an activating group) is 2. The number of rotatable bonds is 30. The smallest absolute Gasteiger partial charge is 0.312 e. The second kappa shape index (κ2) is 30.1. The van der Waals surface area contributed by atoms with E-state index in [1.165, 1.54) is 30.4 Å². The number of likely N-dealkylation sites (tertiary alicyclic amines) is 1. The molecule has 9 atom stereocenters. The summed E-state index contributed by atoms with van der Waals surface area (Å²) in [7, 11) is 6.19. The van der Waals surface area contributed by atoms with E-state index < -0.39 is 130 Å². The van der Waals surface area contributed by atoms with Crippen molar-refractivity contribution in [1.82, 2.24) is 30.3 Å². The molecular weight excluding hydrogens is 1080 g/mol. The van der Waals surface area contributed by atoms with Gasteiger partial charge in [0.25, 0.3) is 0 Å². The Morgan fingerprint density at radius 3 is 1.91 bits per heavy atom. The molecule has 1 aromatic heterocycles. The fraction of sp³-hybridized carbons (Fsp3) is 0.644. The third kappa shape index (κ3) is 18.0. The summed E-state index contributed by atoms with van der Waals surface area (Å²) in [5.41, 5.74) is -0.856. The SMILES string of the molecule is CCC(C)C(C(CC(=O)N1CCCC1C(OC)C(C)C(=O)NC(Cc1ccccc1)c1nccs1)OC)N(C)C(=O)C(NC(=O)C(C(C)C)N(C)C(=O)CC(C)(C)COCC(C)(C)CC(=O)Oc1c(F)c(F)c(F)c(F)c1F)C(C)C. The summed E-state index contributed by atoms with van der Waals surface area (Å²) in [6.45, 7) is 19.8. The van der Waals surface area contributed by atoms with E-state index in [2.05, 4.69) is 20.4 Å². The molecule has 9 unspecified atom stereocenters. The number of amides is 5. The number of ether oxygens (including phenoxy) is 4. The van der Waals surface area contributed by atoms with Crippen molar-refractivity contribution in [1.29, 1.82) is 0 Å². The number of carbonyl (C=O) groups is 6. The zero-order valence-electron chi connectivity index (χ0n) is 49.6. The predicted octanol–water partition coefficient (Wildman–Crippen LogP) is 9.24. The molecule has 2 N–H and O–H groups in total. The number of halogens is 5. The van der Waals surface area contributed by atoms with Crippen LogP contribution in [-0.4, -0.2) is 140 Å². The van der Waals surface area contributed by atoms with Crippen molar-refractivity contribution in [3.63, 3.8) is 0 Å². The van der Waals surface area contributed by atoms with Crippen LogP contribution in [0.3, 0.4) is 0 Å². The summed E-state index contributed by atoms with van der Waals surface area (Å²) in [5, 5.41) is 8.81. The Labute approximate surface area is 478 Å². The first-order chi connectivity index (χ1) is 37.9. The molecule has 1 saturated heterocycles. The lowest BCUT2D eigenvalue weighted by Crippen LogP contribution is -2.60. The zero-order valence-corrected chi connectivity index (χ0v) is 50.4. The quantitative estimate of drug-likeness (QED) is 0.0213. The van der Waals surface area contributed by atoms with Crippen molar-refractivity contribution in [2.24, 2.45) is 34.5 Å². The van der Waals surface area contributed by atoms with Crippen LogP contribution in [0, 0.1) is 63.6 Å². The minimum absolute atomic E-state index is 0.0295. The van der Waals surface area contributed by atoms with E-state index in [9.17, 15) is 50.7 Å². The molecule has 2 aromatic carbocycles. The number of thiazole rings is 1. The Morgan fingerprint density at radius 1 is 0.790 bits per heavy atom. The monoisotopic (exact) mass is 1160 g/mol. The summed E-state index contributed by atoms with van der Waals surface area (Å²) in [6.07, 6.45) is 2.07. The van der Waals surface area contributed by atoms with Crippen LogP contribution in [0.5, 0.6) is 5.75 Å². The minimum Gasteiger partial charge on any atom is -0.420 e. The predicted molar refractivity (Wildman–Crippen MR) is 297 cm³/mol. The second-order valence-corrected chi connectivity index (χ2v) is 24.6. The molecule has 0 spiro atoms. The molecule has 0 saturated carbocycles. The summed E-state index contributed by atoms with van der Waals surface area (Å²) in [5.74, 6) is -17.9. The number of hydrogen-bond acceptors (Lipinski definition) is 12. The third-order valence-corrected chi connectivity index (χ3v) is 16.1. The largest absolute Gasteiger partial charge is 0.420 e. The fourth-order valence-electron chi connectivity index (χ4n) is 10.6. The summed E-state index contributed by atoms with van der Waals surface area (Å²) in [4.78, 5) is 93.5. The van der Waals surface area contributed by atoms with E-state index in [0.717, 1.165) is 10.6 Å². The highest BCUT2D eigenvalue weighted by atomic mass is 32.1. The molecule has 1 aliphatic heterocycles. The normalized spacial score (nSPS) is 17.0. The first-order valence-electron chi connectivity index (χ1n) is 27.6. The van der Waals surface area contributed by atoms with Gasteiger partial charge in [-0.1, -0.05) is 113 Å². The van der Waals surface area contributed by atoms with Crippen LogP contribution in [-0.2, 0) is 49.4 Å². The molecule has 81 heavy (non-hydrogen) atoms. The standard InChI is InChI=1S/C59H85F5N6O10S/c1-16-35(6)51(40(77-14)28-41(71)70-25-20-23-39(70)52(78-15)36(7)54(74)66-38(56-65-24-26-81-56)27-37-21-18-17-19-22-37)69(13)57(76)49(33(2)3)67-55(75)50(34(4)5)68(12)42(72)29-58(8,9)31-79-32-59(10,11)30-43(73)80-53-47(63)45(61)44(60)46(62)48(53)64/h17-19,21-22,24,26,33-36,38-40,49-52H,16,20,23,25,27-32H2,1-15H3,(H,66,74)(H,67,75). The molecule has 2 heterocycles. The first-order valence-corrected chi connectivity index (χ1v) is 28.5. The van der Waals surface area contributed by atoms with Crippen molar-refractivity contribution in [3.05, 3.63) is 81.6 Å². The van der Waals surface area contributed by atoms with E-state index in [1.807, 2.05) is 49.6 Å². The number of esters is 1. The topological polar surface area (TPSA) is 186 Å². The number of nitrogens with one attached hydrogen (secondary N) is 2. The van der Waals surface area contributed by atoms with Crippen LogP contribution in [0.15, 0.2) is 41.9 Å². The number of aromatic nitrogens is 1. The summed E-state index contributed by atoms with van der Waals surface area (Å²) >= 11 is 1.46. The van der Waals surface area contributed by atoms with Gasteiger partial charge in [-0.15, -0.1) is 11.3 Å². The maximum atomic E-state index is 14.8. The molecule has 5 amide bonds. The summed E-state index contributed by atoms with van der Waals surface area (Å²) < 4.78 is 91.8. The first kappa shape index (κ1) is 67.9. The molecule has 0 aliphatic carbocycles. The van der Waals surface area contributed by atoms with Gasteiger partial charge in [0.2, 0.25) is 64.4 Å². The van der Waals surface area contributed by atoms with Gasteiger partial charge in [-0.3, -0.25) is 28.8 Å². The molecule has 0 radical (unpaired) electrons. The van der Waals surface area contributed by atoms with Gasteiger partial charge in [0.15, 0.2) is 0 Å². The van der Waals surface area contributed by atoms with E-state index in [4.69, 9.17) is 14.2 Å². The van der Waals surface area contributed by atoms with Crippen LogP contribution in [0.25, 0.3) is 0 Å². The van der Waals surface area contributed by atoms with E-state index in [-0.39, 0.29) is 49.8 Å². The number of nitrogens with zero attached hydrogens (tertiary/aromatic N) is 4. The van der Waals surface area contributed by atoms with Crippen LogP contribution in [0.4, 0.5) is 22.0 Å². The van der Waals surface area contributed by atoms with Crippen molar-refractivity contribution in [2.45, 2.75) is 164 Å². The summed E-state index contributed by atoms with van der Waals surface area (Å²) in [6, 6.07) is 6.38. The van der Waals surface area contributed by atoms with Gasteiger partial charge in [0, 0.05) is 52.9 Å². The Balaban J connectivity index is 1.41. The Hall–Kier alpha value is -5.58. The van der Waals surface area contributed by atoms with Gasteiger partial charge in [-0.25, -0.2) is 18.2 Å². The van der Waals surface area contributed by atoms with Crippen LogP contribution < -0.4 is 15.4 Å². The molecule has 22 heteroatoms. The lowest BCUT2D eigenvalue weighted by molar-refractivity contribution is -0.149. The lowest BCUT2D eigenvalue weighted by Gasteiger charge is -2.41. The number of carbonyl (C=O) groups excluding carboxylic acids is 6. The fourth-order valence-corrected chi connectivity index (χ4v) is 11.3. The lowest BCUT2D eigenvalue weighted by atomic mass is 9.88. The maximum absolute atomic E-state index is 14.8. The van der Waals surface area contributed by atoms with Gasteiger partial charge >= 0.3 is 5.97 Å². The van der Waals surface area contributed by atoms with Crippen molar-refractivity contribution in [2.75, 3.05) is 48.1 Å². The molecule has 452 valence electrons. The average Bonchev–Trinajstić information content (AvgIpc) is 4.21. The molecule has 4 rings (SSSR count). The Morgan fingerprint density at radius 2 is 1.38 bits per heavy atom. The number of methoxy groups -OCH3 is 2. The highest BCUT2D eigenvalue weighted by molar-refractivity contribution is 7.09. The minimum atomic E-state index is -2.39. The maximum Gasteiger partial charge on any atom is 0.312 e. The third-order valence-electron chi connectivity index (χ3n) is 15.2. The molecule has 0 bridgehead atoms. The Kier molecular flexibility index (Phi) is 25.3. The van der Waals surface area contributed by atoms with Crippen LogP contribution in [0.1, 0.15) is 131 Å². The number of benzene rings is 2. The van der Waals surface area contributed by atoms with Crippen LogP contribution >= 0.6 is 11.3 Å². The van der Waals surface area contributed by atoms with Crippen molar-refractivity contribution in [3.8, 4) is 5.75 Å². The van der Waals surface area contributed by atoms with Crippen LogP contribution in [0.2, 0.25) is 0 Å². The Bertz CT molecular complexity index is 2560. The van der Waals surface area contributed by atoms with Gasteiger partial charge in [-0.2, -0.15) is 8.78 Å². The van der Waals surface area contributed by atoms with E-state index >= 15 is 0 Å². The van der Waals surface area contributed by atoms with E-state index in [1.54, 1.807) is 92.5 Å². The molecule has 1 fully saturated rings. The molecule has 16 nitrogen and oxygen atoms in total. The van der Waals surface area contributed by atoms with Crippen molar-refractivity contribution >= 4 is 46.8 Å². The van der Waals surface area contributed by atoms with Gasteiger partial charge in [-0.05, 0) is 53.4 Å². The molecule has 3 aromatic rings. The highest BCUT2D eigenvalue weighted by Gasteiger charge is 2.44. The molecular formula is C59H85F5N6O10S. The van der Waals surface area contributed by atoms with Gasteiger partial charge in [0.05, 0.1) is 62.3 Å². The average molecular weight is 1170 g/mol. The van der Waals surface area contributed by atoms with Gasteiger partial charge < -0.3 is 44.3 Å². The number of hydrogen-bond donors (Lipinski definition) is 2. The molecule has 1 aliphatic rings. The second-order valence-electron chi connectivity index (χ2n) is 23.7. The van der Waals surface area contributed by atoms with Gasteiger partial charge in [0.1, 0.15) is 17.1 Å². The highest BCUT2D eigenvalue weighted by Crippen LogP contribution is 2.34. The van der Waals surface area contributed by atoms with E-state index in [0.29, 0.717) is 32.2 Å². The van der Waals surface area contributed by atoms with Crippen molar-refractivity contribution < 1.29 is 69.7 Å². The zero-order chi connectivity index (χ0) is 60.8.